The van der Waals surface area contributed by atoms with Gasteiger partial charge >= 0.3 is 7.48 Å². The first kappa shape index (κ1) is 23.0. The molecule has 2 amide bonds. The quantitative estimate of drug-likeness (QED) is 0.293. The van der Waals surface area contributed by atoms with Crippen molar-refractivity contribution >= 4 is 31.0 Å². The third-order valence-corrected chi connectivity index (χ3v) is 4.61. The molecule has 9 heteroatoms. The molecule has 0 radical (unpaired) electrons. The lowest BCUT2D eigenvalue weighted by Gasteiger charge is -2.35. The van der Waals surface area contributed by atoms with Crippen molar-refractivity contribution in [2.75, 3.05) is 7.11 Å². The average Bonchev–Trinajstić information content (AvgIpc) is 2.71. The van der Waals surface area contributed by atoms with E-state index < -0.39 is 17.4 Å². The zero-order chi connectivity index (χ0) is 22.5. The van der Waals surface area contributed by atoms with Gasteiger partial charge in [-0.2, -0.15) is 5.10 Å². The summed E-state index contributed by atoms with van der Waals surface area (Å²) in [4.78, 5) is 26.2. The van der Waals surface area contributed by atoms with Gasteiger partial charge in [0.05, 0.1) is 18.9 Å². The fourth-order valence-electron chi connectivity index (χ4n) is 2.98. The minimum absolute atomic E-state index is 0.284. The first-order valence-corrected chi connectivity index (χ1v) is 9.40. The van der Waals surface area contributed by atoms with E-state index in [1.165, 1.54) is 18.3 Å². The Balaban J connectivity index is 2.39. The molecule has 2 aromatic carbocycles. The molecule has 2 aromatic rings. The zero-order valence-corrected chi connectivity index (χ0v) is 17.9. The summed E-state index contributed by atoms with van der Waals surface area (Å²) in [6, 6.07) is 9.95. The third-order valence-electron chi connectivity index (χ3n) is 4.61. The second kappa shape index (κ2) is 9.45. The Labute approximate surface area is 177 Å². The Morgan fingerprint density at radius 2 is 1.97 bits per heavy atom. The Morgan fingerprint density at radius 3 is 2.53 bits per heavy atom. The molecule has 0 saturated carbocycles. The van der Waals surface area contributed by atoms with Crippen LogP contribution >= 0.6 is 0 Å². The Kier molecular flexibility index (Phi) is 7.23. The first-order valence-electron chi connectivity index (χ1n) is 9.40. The highest BCUT2D eigenvalue weighted by Gasteiger charge is 2.30. The van der Waals surface area contributed by atoms with Crippen LogP contribution in [0.5, 0.6) is 5.75 Å². The van der Waals surface area contributed by atoms with Crippen LogP contribution in [-0.2, 0) is 0 Å². The van der Waals surface area contributed by atoms with E-state index in [0.717, 1.165) is 0 Å². The van der Waals surface area contributed by atoms with Gasteiger partial charge in [-0.3, -0.25) is 15.0 Å². The number of amides is 2. The summed E-state index contributed by atoms with van der Waals surface area (Å²) >= 11 is 0. The summed E-state index contributed by atoms with van der Waals surface area (Å²) < 4.78 is 5.28. The lowest BCUT2D eigenvalue weighted by Crippen LogP contribution is -2.56. The van der Waals surface area contributed by atoms with Gasteiger partial charge in [-0.25, -0.2) is 5.01 Å². The number of hydrazone groups is 1. The van der Waals surface area contributed by atoms with E-state index in [0.29, 0.717) is 33.5 Å². The minimum atomic E-state index is -0.712. The average molecular weight is 410 g/mol. The highest BCUT2D eigenvalue weighted by molar-refractivity contribution is 6.47. The second-order valence-electron chi connectivity index (χ2n) is 7.74. The number of carbonyl (C=O) groups excluding carboxylic acids is 2. The van der Waals surface area contributed by atoms with Crippen molar-refractivity contribution in [3.63, 3.8) is 0 Å². The van der Waals surface area contributed by atoms with E-state index in [1.54, 1.807) is 43.3 Å². The Bertz CT molecular complexity index is 970. The maximum absolute atomic E-state index is 13.3. The lowest BCUT2D eigenvalue weighted by molar-refractivity contribution is 0.0358. The number of nitrogens with zero attached hydrogens (tertiary/aromatic N) is 2. The molecule has 0 fully saturated rings. The summed E-state index contributed by atoms with van der Waals surface area (Å²) in [5, 5.41) is 14.4. The van der Waals surface area contributed by atoms with Gasteiger partial charge in [-0.05, 0) is 56.9 Å². The van der Waals surface area contributed by atoms with Gasteiger partial charge in [0.15, 0.2) is 0 Å². The summed E-state index contributed by atoms with van der Waals surface area (Å²) in [7, 11) is 1.25. The van der Waals surface area contributed by atoms with Crippen LogP contribution in [0.4, 0.5) is 0 Å². The summed E-state index contributed by atoms with van der Waals surface area (Å²) in [6.07, 6.45) is 1.40. The maximum Gasteiger partial charge on any atom is 0.305 e. The van der Waals surface area contributed by atoms with E-state index in [4.69, 9.17) is 10.6 Å². The molecule has 0 aromatic heterocycles. The van der Waals surface area contributed by atoms with Crippen molar-refractivity contribution in [1.29, 1.82) is 0 Å². The van der Waals surface area contributed by atoms with Crippen LogP contribution in [0.1, 0.15) is 52.6 Å². The number of nitrogens with one attached hydrogen (secondary N) is 1. The number of benzene rings is 2. The lowest BCUT2D eigenvalue weighted by atomic mass is 9.83. The Hall–Kier alpha value is -3.33. The Morgan fingerprint density at radius 1 is 1.27 bits per heavy atom. The standard InChI is InChI=1S/C21H27BN4O4/c1-13-16(7-6-8-18(13)30-5)19(27)25-26(21(2,3)4)20(28)14-9-10-15(12-24-23)17(11-14)22-29/h6-12,22,29H,23H2,1-5H3,(H,25,27)/b24-12-. The van der Waals surface area contributed by atoms with Crippen LogP contribution in [0.15, 0.2) is 41.5 Å². The van der Waals surface area contributed by atoms with Crippen molar-refractivity contribution in [3.8, 4) is 5.75 Å². The summed E-state index contributed by atoms with van der Waals surface area (Å²) in [5.41, 5.74) is 4.50. The molecule has 158 valence electrons. The van der Waals surface area contributed by atoms with Crippen molar-refractivity contribution in [2.24, 2.45) is 10.9 Å². The molecule has 4 N–H and O–H groups in total. The van der Waals surface area contributed by atoms with E-state index in [-0.39, 0.29) is 7.48 Å². The minimum Gasteiger partial charge on any atom is -0.496 e. The van der Waals surface area contributed by atoms with Crippen molar-refractivity contribution < 1.29 is 19.3 Å². The van der Waals surface area contributed by atoms with Crippen LogP contribution in [-0.4, -0.2) is 48.2 Å². The molecule has 0 bridgehead atoms. The molecule has 0 aliphatic carbocycles. The molecule has 0 aliphatic rings. The van der Waals surface area contributed by atoms with Crippen molar-refractivity contribution in [1.82, 2.24) is 10.4 Å². The molecule has 0 atom stereocenters. The van der Waals surface area contributed by atoms with E-state index in [2.05, 4.69) is 10.5 Å². The molecule has 0 aliphatic heterocycles. The predicted molar refractivity (Wildman–Crippen MR) is 118 cm³/mol. The number of rotatable bonds is 5. The van der Waals surface area contributed by atoms with Crippen molar-refractivity contribution in [2.45, 2.75) is 33.2 Å². The van der Waals surface area contributed by atoms with Crippen molar-refractivity contribution in [3.05, 3.63) is 58.7 Å². The highest BCUT2D eigenvalue weighted by atomic mass is 16.5. The molecule has 0 heterocycles. The topological polar surface area (TPSA) is 117 Å². The van der Waals surface area contributed by atoms with Gasteiger partial charge < -0.3 is 15.6 Å². The van der Waals surface area contributed by atoms with Crippen LogP contribution < -0.4 is 21.5 Å². The molecule has 8 nitrogen and oxygen atoms in total. The number of nitrogens with two attached hydrogens (primary N) is 1. The molecule has 0 spiro atoms. The van der Waals surface area contributed by atoms with Gasteiger partial charge in [0.25, 0.3) is 11.8 Å². The fourth-order valence-corrected chi connectivity index (χ4v) is 2.98. The maximum atomic E-state index is 13.3. The summed E-state index contributed by atoms with van der Waals surface area (Å²) in [6.45, 7) is 7.21. The number of carbonyl (C=O) groups is 2. The van der Waals surface area contributed by atoms with E-state index >= 15 is 0 Å². The van der Waals surface area contributed by atoms with Gasteiger partial charge in [0, 0.05) is 16.7 Å². The number of ether oxygens (including phenoxy) is 1. The smallest absolute Gasteiger partial charge is 0.305 e. The van der Waals surface area contributed by atoms with Gasteiger partial charge in [-0.15, -0.1) is 0 Å². The van der Waals surface area contributed by atoms with Crippen LogP contribution in [0.2, 0.25) is 0 Å². The monoisotopic (exact) mass is 410 g/mol. The number of methoxy groups -OCH3 is 1. The molecule has 2 rings (SSSR count). The van der Waals surface area contributed by atoms with E-state index in [9.17, 15) is 14.6 Å². The SMILES string of the molecule is COc1cccc(C(=O)NN(C(=O)c2ccc(/C=N\N)c(BO)c2)C(C)(C)C)c1C. The fraction of sp³-hybridized carbons (Fsp3) is 0.286. The number of hydrogen-bond donors (Lipinski definition) is 3. The first-order chi connectivity index (χ1) is 14.1. The van der Waals surface area contributed by atoms with Crippen LogP contribution in [0.25, 0.3) is 0 Å². The van der Waals surface area contributed by atoms with Crippen LogP contribution in [0, 0.1) is 6.92 Å². The number of hydrogen-bond acceptors (Lipinski definition) is 6. The normalized spacial score (nSPS) is 11.3. The largest absolute Gasteiger partial charge is 0.496 e. The number of hydrazine groups is 1. The molecular formula is C21H27BN4O4. The predicted octanol–water partition coefficient (Wildman–Crippen LogP) is 0.851. The van der Waals surface area contributed by atoms with Gasteiger partial charge in [-0.1, -0.05) is 18.2 Å². The third kappa shape index (κ3) is 4.98. The summed E-state index contributed by atoms with van der Waals surface area (Å²) in [5.74, 6) is 4.93. The molecule has 0 saturated heterocycles. The molecule has 0 unspecified atom stereocenters. The van der Waals surface area contributed by atoms with Gasteiger partial charge in [0.1, 0.15) is 5.75 Å². The highest BCUT2D eigenvalue weighted by Crippen LogP contribution is 2.22. The molecule has 30 heavy (non-hydrogen) atoms. The second-order valence-corrected chi connectivity index (χ2v) is 7.74. The molecular weight excluding hydrogens is 383 g/mol. The van der Waals surface area contributed by atoms with Gasteiger partial charge in [0.2, 0.25) is 0 Å². The van der Waals surface area contributed by atoms with Crippen LogP contribution in [0.3, 0.4) is 0 Å². The zero-order valence-electron chi connectivity index (χ0n) is 17.9. The van der Waals surface area contributed by atoms with E-state index in [1.807, 2.05) is 20.8 Å².